The van der Waals surface area contributed by atoms with Crippen LogP contribution in [0.2, 0.25) is 0 Å². The Morgan fingerprint density at radius 1 is 1.26 bits per heavy atom. The minimum Gasteiger partial charge on any atom is -0.463 e. The maximum atomic E-state index is 12.8. The van der Waals surface area contributed by atoms with Crippen molar-refractivity contribution in [1.29, 1.82) is 0 Å². The molecule has 34 heavy (non-hydrogen) atoms. The number of ether oxygens (including phenoxy) is 1. The average Bonchev–Trinajstić information content (AvgIpc) is 3.35. The normalized spacial score (nSPS) is 27.7. The van der Waals surface area contributed by atoms with E-state index in [1.54, 1.807) is 6.07 Å². The highest BCUT2D eigenvalue weighted by Gasteiger charge is 2.37. The summed E-state index contributed by atoms with van der Waals surface area (Å²) >= 11 is 1.39. The summed E-state index contributed by atoms with van der Waals surface area (Å²) < 4.78 is 19.5. The standard InChI is InChI=1S/C25H31N4O3PS/c1-25(2)22(29-21-23(26)27-15-28-24(21)32-25)19-11-9-18(10-12-19)17-7-5-16(6-8-17)14-33(30,31)20-4-3-13-34-20/h3-4,9,11-13,15-18H,5-8,10,14H2,1-2H3,(H,30,31)(H2,26,27,28). The van der Waals surface area contributed by atoms with E-state index < -0.39 is 13.0 Å². The first-order chi connectivity index (χ1) is 16.2. The molecular weight excluding hydrogens is 467 g/mol. The van der Waals surface area contributed by atoms with Crippen LogP contribution in [0.15, 0.2) is 52.6 Å². The van der Waals surface area contributed by atoms with Crippen molar-refractivity contribution in [1.82, 2.24) is 9.97 Å². The molecule has 2 aromatic rings. The first-order valence-electron chi connectivity index (χ1n) is 11.9. The maximum absolute atomic E-state index is 12.8. The van der Waals surface area contributed by atoms with Crippen LogP contribution in [0.5, 0.6) is 5.88 Å². The van der Waals surface area contributed by atoms with Crippen molar-refractivity contribution in [3.8, 4) is 5.88 Å². The second-order valence-corrected chi connectivity index (χ2v) is 13.5. The van der Waals surface area contributed by atoms with Gasteiger partial charge in [-0.2, -0.15) is 4.98 Å². The Kier molecular flexibility index (Phi) is 6.25. The Balaban J connectivity index is 1.22. The summed E-state index contributed by atoms with van der Waals surface area (Å²) in [6, 6.07) is 3.64. The molecule has 180 valence electrons. The van der Waals surface area contributed by atoms with E-state index in [0.29, 0.717) is 45.9 Å². The fourth-order valence-electron chi connectivity index (χ4n) is 5.37. The number of allylic oxidation sites excluding steroid dienone is 3. The fraction of sp³-hybridized carbons (Fsp3) is 0.480. The molecule has 3 heterocycles. The van der Waals surface area contributed by atoms with Crippen molar-refractivity contribution in [2.75, 3.05) is 11.9 Å². The summed E-state index contributed by atoms with van der Waals surface area (Å²) in [5.74, 6) is 2.15. The number of thiophene rings is 1. The highest BCUT2D eigenvalue weighted by atomic mass is 32.1. The van der Waals surface area contributed by atoms with Gasteiger partial charge in [0.05, 0.1) is 10.3 Å². The van der Waals surface area contributed by atoms with E-state index >= 15 is 0 Å². The van der Waals surface area contributed by atoms with E-state index in [1.807, 2.05) is 25.3 Å². The van der Waals surface area contributed by atoms with Gasteiger partial charge >= 0.3 is 0 Å². The summed E-state index contributed by atoms with van der Waals surface area (Å²) in [5, 5.41) is 1.87. The molecule has 0 saturated heterocycles. The number of nitrogens with two attached hydrogens (primary N) is 1. The lowest BCUT2D eigenvalue weighted by molar-refractivity contribution is 0.171. The molecule has 0 aromatic carbocycles. The molecule has 2 aliphatic carbocycles. The first-order valence-corrected chi connectivity index (χ1v) is 14.6. The van der Waals surface area contributed by atoms with Gasteiger partial charge in [0.2, 0.25) is 13.2 Å². The molecule has 9 heteroatoms. The van der Waals surface area contributed by atoms with Crippen molar-refractivity contribution in [3.63, 3.8) is 0 Å². The highest BCUT2D eigenvalue weighted by Crippen LogP contribution is 2.48. The number of aromatic nitrogens is 2. The van der Waals surface area contributed by atoms with E-state index in [1.165, 1.54) is 17.7 Å². The molecule has 1 aliphatic heterocycles. The summed E-state index contributed by atoms with van der Waals surface area (Å²) in [5.41, 5.74) is 7.79. The number of aliphatic imine (C=N–C) groups is 1. The third kappa shape index (κ3) is 4.64. The Hall–Kier alpha value is -2.28. The van der Waals surface area contributed by atoms with Crippen LogP contribution in [0.3, 0.4) is 0 Å². The number of nitrogen functional groups attached to an aromatic ring is 1. The van der Waals surface area contributed by atoms with Crippen molar-refractivity contribution in [2.45, 2.75) is 51.6 Å². The molecule has 2 unspecified atom stereocenters. The largest absolute Gasteiger partial charge is 0.463 e. The quantitative estimate of drug-likeness (QED) is 0.544. The van der Waals surface area contributed by atoms with Gasteiger partial charge in [-0.3, -0.25) is 4.57 Å². The van der Waals surface area contributed by atoms with Crippen molar-refractivity contribution in [2.24, 2.45) is 22.7 Å². The molecule has 3 aliphatic rings. The second kappa shape index (κ2) is 9.06. The van der Waals surface area contributed by atoms with E-state index in [0.717, 1.165) is 43.4 Å². The van der Waals surface area contributed by atoms with Crippen LogP contribution in [-0.2, 0) is 4.57 Å². The molecule has 2 atom stereocenters. The van der Waals surface area contributed by atoms with Crippen LogP contribution in [0.1, 0.15) is 46.0 Å². The zero-order valence-corrected chi connectivity index (χ0v) is 21.3. The number of rotatable bonds is 5. The average molecular weight is 499 g/mol. The third-order valence-electron chi connectivity index (χ3n) is 7.22. The van der Waals surface area contributed by atoms with Crippen LogP contribution >= 0.6 is 18.7 Å². The van der Waals surface area contributed by atoms with Crippen molar-refractivity contribution < 1.29 is 14.2 Å². The third-order valence-corrected chi connectivity index (χ3v) is 10.9. The lowest BCUT2D eigenvalue weighted by atomic mass is 9.73. The minimum absolute atomic E-state index is 0.319. The molecule has 0 amide bonds. The van der Waals surface area contributed by atoms with E-state index in [2.05, 4.69) is 28.2 Å². The fourth-order valence-corrected chi connectivity index (χ4v) is 8.46. The van der Waals surface area contributed by atoms with Gasteiger partial charge in [0, 0.05) is 6.16 Å². The summed E-state index contributed by atoms with van der Waals surface area (Å²) in [7, 11) is -3.23. The second-order valence-electron chi connectivity index (χ2n) is 10.0. The van der Waals surface area contributed by atoms with E-state index in [-0.39, 0.29) is 0 Å². The molecule has 5 rings (SSSR count). The highest BCUT2D eigenvalue weighted by molar-refractivity contribution is 7.71. The predicted molar refractivity (Wildman–Crippen MR) is 138 cm³/mol. The summed E-state index contributed by atoms with van der Waals surface area (Å²) in [6.07, 6.45) is 13.7. The Labute approximate surface area is 204 Å². The summed E-state index contributed by atoms with van der Waals surface area (Å²) in [4.78, 5) is 23.5. The SMILES string of the molecule is CC1(C)Oc2ncnc(N)c2N=C1C1=CCC(C2CCC(CP(=O)(O)c3cccs3)CC2)C=C1. The lowest BCUT2D eigenvalue weighted by Gasteiger charge is -2.35. The Morgan fingerprint density at radius 3 is 2.74 bits per heavy atom. The number of anilines is 1. The number of fused-ring (bicyclic) bond motifs is 1. The smallest absolute Gasteiger partial charge is 0.246 e. The van der Waals surface area contributed by atoms with E-state index in [9.17, 15) is 9.46 Å². The minimum atomic E-state index is -3.23. The Bertz CT molecular complexity index is 1200. The Morgan fingerprint density at radius 2 is 2.06 bits per heavy atom. The topological polar surface area (TPSA) is 111 Å². The molecule has 3 N–H and O–H groups in total. The zero-order valence-electron chi connectivity index (χ0n) is 19.6. The molecule has 1 fully saturated rings. The van der Waals surface area contributed by atoms with Gasteiger partial charge in [0.25, 0.3) is 0 Å². The van der Waals surface area contributed by atoms with E-state index in [4.69, 9.17) is 15.5 Å². The van der Waals surface area contributed by atoms with Crippen LogP contribution < -0.4 is 15.1 Å². The van der Waals surface area contributed by atoms with Crippen LogP contribution in [0.4, 0.5) is 11.5 Å². The van der Waals surface area contributed by atoms with Gasteiger partial charge in [-0.1, -0.05) is 24.3 Å². The van der Waals surface area contributed by atoms with Crippen LogP contribution in [-0.4, -0.2) is 32.3 Å². The number of hydrogen-bond donors (Lipinski definition) is 2. The lowest BCUT2D eigenvalue weighted by Crippen LogP contribution is -2.41. The molecular formula is C25H31N4O3PS. The molecule has 0 radical (unpaired) electrons. The molecule has 0 bridgehead atoms. The molecule has 1 saturated carbocycles. The predicted octanol–water partition coefficient (Wildman–Crippen LogP) is 5.27. The van der Waals surface area contributed by atoms with Gasteiger partial charge in [-0.05, 0) is 80.7 Å². The maximum Gasteiger partial charge on any atom is 0.246 e. The number of nitrogens with zero attached hydrogens (tertiary/aromatic N) is 3. The number of hydrogen-bond acceptors (Lipinski definition) is 7. The summed E-state index contributed by atoms with van der Waals surface area (Å²) in [6.45, 7) is 3.98. The van der Waals surface area contributed by atoms with Crippen molar-refractivity contribution in [3.05, 3.63) is 47.6 Å². The van der Waals surface area contributed by atoms with Gasteiger partial charge < -0.3 is 15.4 Å². The first kappa shape index (κ1) is 23.5. The molecule has 0 spiro atoms. The molecule has 2 aromatic heterocycles. The molecule has 7 nitrogen and oxygen atoms in total. The monoisotopic (exact) mass is 498 g/mol. The zero-order chi connectivity index (χ0) is 23.9. The van der Waals surface area contributed by atoms with Crippen LogP contribution in [0, 0.1) is 17.8 Å². The van der Waals surface area contributed by atoms with Crippen LogP contribution in [0.25, 0.3) is 0 Å². The van der Waals surface area contributed by atoms with Gasteiger partial charge in [0.15, 0.2) is 11.5 Å². The van der Waals surface area contributed by atoms with Gasteiger partial charge in [-0.25, -0.2) is 9.98 Å². The van der Waals surface area contributed by atoms with Crippen molar-refractivity contribution >= 4 is 40.5 Å². The van der Waals surface area contributed by atoms with Gasteiger partial charge in [-0.15, -0.1) is 11.3 Å². The van der Waals surface area contributed by atoms with Gasteiger partial charge in [0.1, 0.15) is 11.9 Å².